The lowest BCUT2D eigenvalue weighted by Gasteiger charge is -2.47. The number of hydrogen-bond donors (Lipinski definition) is 0. The number of piperidine rings is 2. The van der Waals surface area contributed by atoms with Crippen molar-refractivity contribution < 1.29 is 9.59 Å². The van der Waals surface area contributed by atoms with Crippen LogP contribution in [-0.2, 0) is 16.1 Å². The number of amides is 2. The summed E-state index contributed by atoms with van der Waals surface area (Å²) in [6.07, 6.45) is 5.37. The van der Waals surface area contributed by atoms with Crippen LogP contribution in [0.25, 0.3) is 0 Å². The van der Waals surface area contributed by atoms with Gasteiger partial charge in [-0.1, -0.05) is 23.8 Å². The van der Waals surface area contributed by atoms with Crippen LogP contribution in [0.4, 0.5) is 0 Å². The monoisotopic (exact) mass is 397 g/mol. The second kappa shape index (κ2) is 8.86. The van der Waals surface area contributed by atoms with Gasteiger partial charge in [-0.15, -0.1) is 0 Å². The smallest absolute Gasteiger partial charge is 0.222 e. The summed E-state index contributed by atoms with van der Waals surface area (Å²) in [6, 6.07) is 7.14. The molecule has 1 aromatic rings. The fourth-order valence-corrected chi connectivity index (χ4v) is 5.50. The van der Waals surface area contributed by atoms with Crippen molar-refractivity contribution in [3.8, 4) is 0 Å². The van der Waals surface area contributed by atoms with E-state index in [4.69, 9.17) is 0 Å². The Morgan fingerprint density at radius 1 is 1.00 bits per heavy atom. The molecule has 3 heterocycles. The van der Waals surface area contributed by atoms with Gasteiger partial charge in [-0.3, -0.25) is 14.5 Å². The normalized spacial score (nSPS) is 25.6. The Bertz CT molecular complexity index is 762. The van der Waals surface area contributed by atoms with Crippen molar-refractivity contribution >= 4 is 11.8 Å². The van der Waals surface area contributed by atoms with Crippen LogP contribution >= 0.6 is 0 Å². The highest BCUT2D eigenvalue weighted by atomic mass is 16.2. The molecule has 3 aliphatic rings. The number of nitrogens with zero attached hydrogens (tertiary/aromatic N) is 3. The minimum Gasteiger partial charge on any atom is -0.343 e. The number of aryl methyl sites for hydroxylation is 2. The third-order valence-electron chi connectivity index (χ3n) is 7.12. The summed E-state index contributed by atoms with van der Waals surface area (Å²) < 4.78 is 0. The molecule has 158 valence electrons. The number of likely N-dealkylation sites (tertiary alicyclic amines) is 3. The van der Waals surface area contributed by atoms with E-state index in [-0.39, 0.29) is 5.91 Å². The summed E-state index contributed by atoms with van der Waals surface area (Å²) in [5, 5.41) is 0. The average Bonchev–Trinajstić information content (AvgIpc) is 3.10. The first-order chi connectivity index (χ1) is 14.0. The highest BCUT2D eigenvalue weighted by Crippen LogP contribution is 2.32. The van der Waals surface area contributed by atoms with Gasteiger partial charge in [-0.05, 0) is 56.6 Å². The lowest BCUT2D eigenvalue weighted by Crippen LogP contribution is -2.56. The first-order valence-corrected chi connectivity index (χ1v) is 11.4. The second-order valence-electron chi connectivity index (χ2n) is 9.24. The molecule has 0 aromatic heterocycles. The predicted octanol–water partition coefficient (Wildman–Crippen LogP) is 3.13. The molecule has 1 aromatic carbocycles. The number of hydrogen-bond acceptors (Lipinski definition) is 3. The highest BCUT2D eigenvalue weighted by molar-refractivity contribution is 5.78. The Kier molecular flexibility index (Phi) is 6.23. The number of fused-ring (bicyclic) bond motifs is 1. The first kappa shape index (κ1) is 20.4. The van der Waals surface area contributed by atoms with E-state index < -0.39 is 0 Å². The zero-order valence-corrected chi connectivity index (χ0v) is 18.0. The molecule has 3 saturated heterocycles. The van der Waals surface area contributed by atoms with Gasteiger partial charge in [-0.25, -0.2) is 0 Å². The zero-order valence-electron chi connectivity index (χ0n) is 18.0. The Labute approximate surface area is 175 Å². The summed E-state index contributed by atoms with van der Waals surface area (Å²) in [7, 11) is 0. The summed E-state index contributed by atoms with van der Waals surface area (Å²) in [6.45, 7) is 10.0. The highest BCUT2D eigenvalue weighted by Gasteiger charge is 2.39. The SMILES string of the molecule is Cc1ccc(CN2CC[C@H]3[C@H](CCC(=O)N3CCCN3CCCC3=O)C2)c(C)c1. The number of benzene rings is 1. The molecule has 0 saturated carbocycles. The lowest BCUT2D eigenvalue weighted by molar-refractivity contribution is -0.141. The summed E-state index contributed by atoms with van der Waals surface area (Å²) in [5.41, 5.74) is 4.12. The molecule has 0 spiro atoms. The standard InChI is InChI=1S/C24H35N3O2/c1-18-6-7-20(19(2)15-18)16-25-14-10-22-21(17-25)8-9-24(29)27(22)13-4-12-26-11-3-5-23(26)28/h6-7,15,21-22H,3-5,8-14,16-17H2,1-2H3/t21-,22+/m1/s1. The van der Waals surface area contributed by atoms with Gasteiger partial charge >= 0.3 is 0 Å². The fourth-order valence-electron chi connectivity index (χ4n) is 5.50. The van der Waals surface area contributed by atoms with Gasteiger partial charge in [0.05, 0.1) is 0 Å². The summed E-state index contributed by atoms with van der Waals surface area (Å²) in [5.74, 6) is 1.19. The van der Waals surface area contributed by atoms with Gasteiger partial charge in [0, 0.05) is 58.2 Å². The van der Waals surface area contributed by atoms with Gasteiger partial charge < -0.3 is 9.80 Å². The molecule has 29 heavy (non-hydrogen) atoms. The van der Waals surface area contributed by atoms with Crippen molar-refractivity contribution in [1.29, 1.82) is 0 Å². The first-order valence-electron chi connectivity index (χ1n) is 11.4. The maximum Gasteiger partial charge on any atom is 0.222 e. The molecule has 5 nitrogen and oxygen atoms in total. The molecular formula is C24H35N3O2. The van der Waals surface area contributed by atoms with E-state index >= 15 is 0 Å². The molecule has 4 rings (SSSR count). The third-order valence-corrected chi connectivity index (χ3v) is 7.12. The number of carbonyl (C=O) groups is 2. The Balaban J connectivity index is 1.32. The molecule has 0 bridgehead atoms. The maximum absolute atomic E-state index is 12.6. The van der Waals surface area contributed by atoms with Crippen molar-refractivity contribution in [2.45, 2.75) is 65.0 Å². The Hall–Kier alpha value is -1.88. The third kappa shape index (κ3) is 4.66. The molecule has 0 aliphatic carbocycles. The minimum absolute atomic E-state index is 0.285. The van der Waals surface area contributed by atoms with E-state index in [1.165, 1.54) is 16.7 Å². The van der Waals surface area contributed by atoms with E-state index in [1.807, 2.05) is 4.90 Å². The van der Waals surface area contributed by atoms with Crippen molar-refractivity contribution in [1.82, 2.24) is 14.7 Å². The molecule has 0 N–H and O–H groups in total. The lowest BCUT2D eigenvalue weighted by atomic mass is 9.83. The second-order valence-corrected chi connectivity index (χ2v) is 9.24. The van der Waals surface area contributed by atoms with E-state index in [2.05, 4.69) is 41.8 Å². The Morgan fingerprint density at radius 2 is 1.86 bits per heavy atom. The van der Waals surface area contributed by atoms with Crippen LogP contribution in [-0.4, -0.2) is 65.3 Å². The molecule has 2 atom stereocenters. The van der Waals surface area contributed by atoms with Gasteiger partial charge in [0.1, 0.15) is 0 Å². The van der Waals surface area contributed by atoms with Crippen molar-refractivity contribution in [3.63, 3.8) is 0 Å². The molecule has 3 aliphatic heterocycles. The average molecular weight is 398 g/mol. The topological polar surface area (TPSA) is 43.9 Å². The van der Waals surface area contributed by atoms with E-state index in [9.17, 15) is 9.59 Å². The molecule has 2 amide bonds. The van der Waals surface area contributed by atoms with E-state index in [0.29, 0.717) is 30.7 Å². The van der Waals surface area contributed by atoms with Gasteiger partial charge in [0.2, 0.25) is 11.8 Å². The van der Waals surface area contributed by atoms with Crippen LogP contribution in [0.2, 0.25) is 0 Å². The summed E-state index contributed by atoms with van der Waals surface area (Å²) >= 11 is 0. The molecule has 0 radical (unpaired) electrons. The van der Waals surface area contributed by atoms with Crippen LogP contribution in [0, 0.1) is 19.8 Å². The van der Waals surface area contributed by atoms with Gasteiger partial charge in [-0.2, -0.15) is 0 Å². The number of rotatable bonds is 6. The molecular weight excluding hydrogens is 362 g/mol. The van der Waals surface area contributed by atoms with Crippen molar-refractivity contribution in [2.75, 3.05) is 32.7 Å². The molecule has 5 heteroatoms. The van der Waals surface area contributed by atoms with E-state index in [0.717, 1.165) is 65.0 Å². The van der Waals surface area contributed by atoms with Crippen molar-refractivity contribution in [2.24, 2.45) is 5.92 Å². The number of carbonyl (C=O) groups excluding carboxylic acids is 2. The molecule has 3 fully saturated rings. The van der Waals surface area contributed by atoms with Gasteiger partial charge in [0.25, 0.3) is 0 Å². The molecule has 0 unspecified atom stereocenters. The maximum atomic E-state index is 12.6. The van der Waals surface area contributed by atoms with Gasteiger partial charge in [0.15, 0.2) is 0 Å². The van der Waals surface area contributed by atoms with Crippen LogP contribution < -0.4 is 0 Å². The van der Waals surface area contributed by atoms with Crippen LogP contribution in [0.5, 0.6) is 0 Å². The minimum atomic E-state index is 0.285. The quantitative estimate of drug-likeness (QED) is 0.741. The zero-order chi connectivity index (χ0) is 20.4. The van der Waals surface area contributed by atoms with Crippen LogP contribution in [0.3, 0.4) is 0 Å². The Morgan fingerprint density at radius 3 is 2.62 bits per heavy atom. The van der Waals surface area contributed by atoms with Crippen molar-refractivity contribution in [3.05, 3.63) is 34.9 Å². The fraction of sp³-hybridized carbons (Fsp3) is 0.667. The predicted molar refractivity (Wildman–Crippen MR) is 114 cm³/mol. The van der Waals surface area contributed by atoms with Crippen LogP contribution in [0.15, 0.2) is 18.2 Å². The summed E-state index contributed by atoms with van der Waals surface area (Å²) in [4.78, 5) is 31.1. The van der Waals surface area contributed by atoms with Crippen LogP contribution in [0.1, 0.15) is 55.2 Å². The largest absolute Gasteiger partial charge is 0.343 e. The van der Waals surface area contributed by atoms with E-state index in [1.54, 1.807) is 0 Å².